The SMILES string of the molecule is CC(C)CSc1cccc(C=C2C(=O)OC(C)(C)OC2=O)c1. The molecule has 0 spiro atoms. The van der Waals surface area contributed by atoms with E-state index in [1.54, 1.807) is 11.8 Å². The second-order valence-corrected chi connectivity index (χ2v) is 7.11. The molecular formula is C17H20O4S. The Morgan fingerprint density at radius 3 is 2.41 bits per heavy atom. The number of carbonyl (C=O) groups excluding carboxylic acids is 2. The van der Waals surface area contributed by atoms with E-state index in [2.05, 4.69) is 13.8 Å². The van der Waals surface area contributed by atoms with Gasteiger partial charge in [0, 0.05) is 24.5 Å². The highest BCUT2D eigenvalue weighted by Gasteiger charge is 2.38. The first-order valence-electron chi connectivity index (χ1n) is 7.18. The maximum atomic E-state index is 11.9. The Bertz CT molecular complexity index is 595. The standard InChI is InChI=1S/C17H20O4S/c1-11(2)10-22-13-7-5-6-12(8-13)9-14-15(18)20-17(3,4)21-16(14)19/h5-9,11H,10H2,1-4H3. The van der Waals surface area contributed by atoms with E-state index in [-0.39, 0.29) is 5.57 Å². The summed E-state index contributed by atoms with van der Waals surface area (Å²) >= 11 is 1.74. The molecule has 1 aliphatic rings. The third kappa shape index (κ3) is 4.37. The van der Waals surface area contributed by atoms with Crippen LogP contribution in [0.4, 0.5) is 0 Å². The van der Waals surface area contributed by atoms with E-state index in [4.69, 9.17) is 9.47 Å². The summed E-state index contributed by atoms with van der Waals surface area (Å²) in [5.41, 5.74) is 0.697. The van der Waals surface area contributed by atoms with E-state index in [1.165, 1.54) is 19.9 Å². The van der Waals surface area contributed by atoms with E-state index in [9.17, 15) is 9.59 Å². The molecule has 0 bridgehead atoms. The van der Waals surface area contributed by atoms with Crippen LogP contribution in [0.15, 0.2) is 34.7 Å². The minimum absolute atomic E-state index is 0.0784. The third-order valence-corrected chi connectivity index (χ3v) is 4.29. The normalized spacial score (nSPS) is 17.2. The number of rotatable bonds is 4. The highest BCUT2D eigenvalue weighted by atomic mass is 32.2. The van der Waals surface area contributed by atoms with Crippen LogP contribution < -0.4 is 0 Å². The smallest absolute Gasteiger partial charge is 0.348 e. The molecule has 1 heterocycles. The fraction of sp³-hybridized carbons (Fsp3) is 0.412. The van der Waals surface area contributed by atoms with Crippen molar-refractivity contribution in [3.05, 3.63) is 35.4 Å². The number of carbonyl (C=O) groups is 2. The van der Waals surface area contributed by atoms with E-state index in [0.717, 1.165) is 16.2 Å². The van der Waals surface area contributed by atoms with E-state index < -0.39 is 17.7 Å². The van der Waals surface area contributed by atoms with Crippen molar-refractivity contribution in [1.29, 1.82) is 0 Å². The topological polar surface area (TPSA) is 52.6 Å². The van der Waals surface area contributed by atoms with Gasteiger partial charge in [0.25, 0.3) is 5.79 Å². The third-order valence-electron chi connectivity index (χ3n) is 2.87. The average Bonchev–Trinajstić information content (AvgIpc) is 2.40. The Kier molecular flexibility index (Phi) is 4.96. The average molecular weight is 320 g/mol. The van der Waals surface area contributed by atoms with Crippen LogP contribution in [0.25, 0.3) is 6.08 Å². The highest BCUT2D eigenvalue weighted by molar-refractivity contribution is 7.99. The van der Waals surface area contributed by atoms with Crippen LogP contribution in [0, 0.1) is 5.92 Å². The van der Waals surface area contributed by atoms with Crippen molar-refractivity contribution in [2.24, 2.45) is 5.92 Å². The van der Waals surface area contributed by atoms with Crippen molar-refractivity contribution in [3.8, 4) is 0 Å². The predicted octanol–water partition coefficient (Wildman–Crippen LogP) is 3.65. The molecule has 0 radical (unpaired) electrons. The van der Waals surface area contributed by atoms with Crippen molar-refractivity contribution in [1.82, 2.24) is 0 Å². The molecule has 4 nitrogen and oxygen atoms in total. The van der Waals surface area contributed by atoms with Gasteiger partial charge in [0.2, 0.25) is 0 Å². The number of thioether (sulfide) groups is 1. The summed E-state index contributed by atoms with van der Waals surface area (Å²) in [6.45, 7) is 7.38. The van der Waals surface area contributed by atoms with Gasteiger partial charge in [-0.1, -0.05) is 26.0 Å². The van der Waals surface area contributed by atoms with Gasteiger partial charge in [0.1, 0.15) is 5.57 Å². The van der Waals surface area contributed by atoms with Crippen molar-refractivity contribution in [3.63, 3.8) is 0 Å². The van der Waals surface area contributed by atoms with Gasteiger partial charge in [-0.05, 0) is 29.7 Å². The van der Waals surface area contributed by atoms with E-state index >= 15 is 0 Å². The summed E-state index contributed by atoms with van der Waals surface area (Å²) in [6, 6.07) is 7.70. The first-order valence-corrected chi connectivity index (χ1v) is 8.16. The molecule has 1 aromatic rings. The summed E-state index contributed by atoms with van der Waals surface area (Å²) in [7, 11) is 0. The summed E-state index contributed by atoms with van der Waals surface area (Å²) in [6.07, 6.45) is 1.51. The number of hydrogen-bond donors (Lipinski definition) is 0. The van der Waals surface area contributed by atoms with Gasteiger partial charge < -0.3 is 9.47 Å². The Hall–Kier alpha value is -1.75. The van der Waals surface area contributed by atoms with Crippen LogP contribution in [0.5, 0.6) is 0 Å². The molecule has 22 heavy (non-hydrogen) atoms. The number of ether oxygens (including phenoxy) is 2. The first kappa shape index (κ1) is 16.6. The quantitative estimate of drug-likeness (QED) is 0.367. The minimum Gasteiger partial charge on any atom is -0.419 e. The van der Waals surface area contributed by atoms with Crippen molar-refractivity contribution < 1.29 is 19.1 Å². The molecule has 0 saturated carbocycles. The largest absolute Gasteiger partial charge is 0.419 e. The van der Waals surface area contributed by atoms with Crippen LogP contribution in [0.1, 0.15) is 33.3 Å². The molecule has 1 fully saturated rings. The maximum Gasteiger partial charge on any atom is 0.348 e. The molecule has 118 valence electrons. The second kappa shape index (κ2) is 6.57. The second-order valence-electron chi connectivity index (χ2n) is 6.01. The van der Waals surface area contributed by atoms with Crippen molar-refractivity contribution in [2.45, 2.75) is 38.4 Å². The van der Waals surface area contributed by atoms with E-state index in [0.29, 0.717) is 5.92 Å². The first-order chi connectivity index (χ1) is 10.3. The monoisotopic (exact) mass is 320 g/mol. The molecule has 0 amide bonds. The lowest BCUT2D eigenvalue weighted by Gasteiger charge is -2.29. The Balaban J connectivity index is 2.20. The molecule has 0 unspecified atom stereocenters. The fourth-order valence-electron chi connectivity index (χ4n) is 1.90. The lowest BCUT2D eigenvalue weighted by atomic mass is 10.1. The van der Waals surface area contributed by atoms with Crippen LogP contribution in [0.2, 0.25) is 0 Å². The highest BCUT2D eigenvalue weighted by Crippen LogP contribution is 2.26. The van der Waals surface area contributed by atoms with Crippen LogP contribution in [0.3, 0.4) is 0 Å². The lowest BCUT2D eigenvalue weighted by Crippen LogP contribution is -2.41. The van der Waals surface area contributed by atoms with Crippen LogP contribution >= 0.6 is 11.8 Å². The van der Waals surface area contributed by atoms with Gasteiger partial charge in [-0.2, -0.15) is 0 Å². The van der Waals surface area contributed by atoms with Crippen LogP contribution in [-0.4, -0.2) is 23.5 Å². The van der Waals surface area contributed by atoms with E-state index in [1.807, 2.05) is 24.3 Å². The van der Waals surface area contributed by atoms with Gasteiger partial charge in [0.05, 0.1) is 0 Å². The summed E-state index contributed by atoms with van der Waals surface area (Å²) < 4.78 is 10.2. The van der Waals surface area contributed by atoms with Gasteiger partial charge in [-0.3, -0.25) is 0 Å². The molecule has 5 heteroatoms. The number of cyclic esters (lactones) is 2. The van der Waals surface area contributed by atoms with Crippen LogP contribution in [-0.2, 0) is 19.1 Å². The molecule has 1 saturated heterocycles. The molecule has 0 aromatic heterocycles. The predicted molar refractivity (Wildman–Crippen MR) is 86.2 cm³/mol. The molecule has 0 N–H and O–H groups in total. The Morgan fingerprint density at radius 2 is 1.82 bits per heavy atom. The molecule has 1 aromatic carbocycles. The zero-order chi connectivity index (χ0) is 16.3. The summed E-state index contributed by atoms with van der Waals surface area (Å²) in [5, 5.41) is 0. The van der Waals surface area contributed by atoms with Gasteiger partial charge in [0.15, 0.2) is 0 Å². The molecular weight excluding hydrogens is 300 g/mol. The Labute approximate surface area is 134 Å². The lowest BCUT2D eigenvalue weighted by molar-refractivity contribution is -0.222. The molecule has 1 aliphatic heterocycles. The zero-order valence-electron chi connectivity index (χ0n) is 13.2. The zero-order valence-corrected chi connectivity index (χ0v) is 14.0. The van der Waals surface area contributed by atoms with Gasteiger partial charge in [-0.15, -0.1) is 11.8 Å². The summed E-state index contributed by atoms with van der Waals surface area (Å²) in [5.74, 6) is -0.904. The maximum absolute atomic E-state index is 11.9. The molecule has 0 atom stereocenters. The number of benzene rings is 1. The Morgan fingerprint density at radius 1 is 1.18 bits per heavy atom. The van der Waals surface area contributed by atoms with Gasteiger partial charge in [-0.25, -0.2) is 9.59 Å². The van der Waals surface area contributed by atoms with Gasteiger partial charge >= 0.3 is 11.9 Å². The number of hydrogen-bond acceptors (Lipinski definition) is 5. The molecule has 0 aliphatic carbocycles. The fourth-order valence-corrected chi connectivity index (χ4v) is 2.82. The molecule has 2 rings (SSSR count). The summed E-state index contributed by atoms with van der Waals surface area (Å²) in [4.78, 5) is 25.0. The van der Waals surface area contributed by atoms with Crippen molar-refractivity contribution >= 4 is 29.8 Å². The number of esters is 2. The minimum atomic E-state index is -1.21. The van der Waals surface area contributed by atoms with Crippen molar-refractivity contribution in [2.75, 3.05) is 5.75 Å².